The molecule has 0 saturated heterocycles. The number of carbonyl (C=O) groups is 1. The molecule has 0 aliphatic rings. The number of aromatic nitrogens is 2. The molecule has 3 aromatic rings. The van der Waals surface area contributed by atoms with Crippen molar-refractivity contribution in [1.29, 1.82) is 0 Å². The topological polar surface area (TPSA) is 65.2 Å². The second-order valence-electron chi connectivity index (χ2n) is 4.97. The Kier molecular flexibility index (Phi) is 4.39. The maximum Gasteiger partial charge on any atom is 0.341 e. The van der Waals surface area contributed by atoms with Crippen LogP contribution in [-0.4, -0.2) is 16.1 Å². The first-order chi connectivity index (χ1) is 11.1. The average molecular weight is 329 g/mol. The summed E-state index contributed by atoms with van der Waals surface area (Å²) in [4.78, 5) is 15.8. The molecule has 0 aliphatic carbocycles. The van der Waals surface area contributed by atoms with E-state index in [1.54, 1.807) is 18.2 Å². The minimum atomic E-state index is -0.559. The number of nitrogens with zero attached hydrogens (tertiary/aromatic N) is 2. The molecule has 6 heteroatoms. The smallest absolute Gasteiger partial charge is 0.341 e. The van der Waals surface area contributed by atoms with E-state index in [-0.39, 0.29) is 17.3 Å². The molecule has 5 nitrogen and oxygen atoms in total. The van der Waals surface area contributed by atoms with Crippen LogP contribution in [0.3, 0.4) is 0 Å². The minimum absolute atomic E-state index is 0.0249. The van der Waals surface area contributed by atoms with Crippen LogP contribution < -0.4 is 0 Å². The molecule has 1 aromatic carbocycles. The van der Waals surface area contributed by atoms with Crippen LogP contribution in [-0.2, 0) is 11.3 Å². The molecule has 0 N–H and O–H groups in total. The second kappa shape index (κ2) is 6.62. The third-order valence-electron chi connectivity index (χ3n) is 3.20. The van der Waals surface area contributed by atoms with Gasteiger partial charge in [0.2, 0.25) is 0 Å². The highest BCUT2D eigenvalue weighted by molar-refractivity contribution is 6.32. The summed E-state index contributed by atoms with van der Waals surface area (Å²) >= 11 is 5.85. The molecule has 116 valence electrons. The van der Waals surface area contributed by atoms with E-state index < -0.39 is 5.97 Å². The second-order valence-corrected chi connectivity index (χ2v) is 5.32. The number of halogens is 1. The van der Waals surface area contributed by atoms with Gasteiger partial charge < -0.3 is 9.26 Å². The van der Waals surface area contributed by atoms with Crippen molar-refractivity contribution in [3.8, 4) is 11.3 Å². The Labute approximate surface area is 137 Å². The maximum absolute atomic E-state index is 12.0. The fourth-order valence-electron chi connectivity index (χ4n) is 2.07. The number of hydrogen-bond donors (Lipinski definition) is 0. The summed E-state index contributed by atoms with van der Waals surface area (Å²) < 4.78 is 10.4. The number of benzene rings is 1. The lowest BCUT2D eigenvalue weighted by Crippen LogP contribution is -2.06. The van der Waals surface area contributed by atoms with E-state index in [9.17, 15) is 4.79 Å². The Morgan fingerprint density at radius 2 is 2.13 bits per heavy atom. The zero-order chi connectivity index (χ0) is 16.2. The number of hydrogen-bond acceptors (Lipinski definition) is 5. The van der Waals surface area contributed by atoms with Crippen LogP contribution in [0.4, 0.5) is 0 Å². The highest BCUT2D eigenvalue weighted by Crippen LogP contribution is 2.21. The van der Waals surface area contributed by atoms with Crippen molar-refractivity contribution in [2.75, 3.05) is 0 Å². The highest BCUT2D eigenvalue weighted by atomic mass is 35.5. The zero-order valence-electron chi connectivity index (χ0n) is 12.3. The molecule has 0 amide bonds. The van der Waals surface area contributed by atoms with Crippen molar-refractivity contribution in [1.82, 2.24) is 10.1 Å². The largest absolute Gasteiger partial charge is 0.454 e. The van der Waals surface area contributed by atoms with Crippen LogP contribution in [0.15, 0.2) is 53.2 Å². The van der Waals surface area contributed by atoms with Gasteiger partial charge in [-0.1, -0.05) is 40.5 Å². The van der Waals surface area contributed by atoms with Gasteiger partial charge in [-0.3, -0.25) is 0 Å². The van der Waals surface area contributed by atoms with Crippen molar-refractivity contribution >= 4 is 17.6 Å². The van der Waals surface area contributed by atoms with Gasteiger partial charge in [-0.05, 0) is 25.1 Å². The van der Waals surface area contributed by atoms with Crippen LogP contribution in [0, 0.1) is 6.92 Å². The first-order valence-electron chi connectivity index (χ1n) is 6.94. The van der Waals surface area contributed by atoms with Gasteiger partial charge in [-0.2, -0.15) is 0 Å². The first kappa shape index (κ1) is 15.2. The third-order valence-corrected chi connectivity index (χ3v) is 3.50. The van der Waals surface area contributed by atoms with Gasteiger partial charge in [-0.25, -0.2) is 9.78 Å². The molecule has 2 heterocycles. The lowest BCUT2D eigenvalue weighted by atomic mass is 10.1. The molecule has 0 bridgehead atoms. The van der Waals surface area contributed by atoms with Gasteiger partial charge in [-0.15, -0.1) is 0 Å². The predicted octanol–water partition coefficient (Wildman–Crippen LogP) is 4.06. The molecule has 0 aliphatic heterocycles. The summed E-state index contributed by atoms with van der Waals surface area (Å²) in [5.74, 6) is -0.105. The SMILES string of the molecule is Cc1cccc(-c2cc(COC(=O)c3cccnc3Cl)on2)c1. The normalized spacial score (nSPS) is 10.5. The Balaban J connectivity index is 1.68. The zero-order valence-corrected chi connectivity index (χ0v) is 13.1. The number of aryl methyl sites for hydroxylation is 1. The van der Waals surface area contributed by atoms with Crippen LogP contribution in [0.1, 0.15) is 21.7 Å². The number of esters is 1. The quantitative estimate of drug-likeness (QED) is 0.534. The Morgan fingerprint density at radius 1 is 1.26 bits per heavy atom. The molecule has 0 radical (unpaired) electrons. The summed E-state index contributed by atoms with van der Waals surface area (Å²) in [5.41, 5.74) is 2.98. The van der Waals surface area contributed by atoms with E-state index in [2.05, 4.69) is 10.1 Å². The van der Waals surface area contributed by atoms with Gasteiger partial charge in [0.15, 0.2) is 12.4 Å². The standard InChI is InChI=1S/C17H13ClN2O3/c1-11-4-2-5-12(8-11)15-9-13(23-20-15)10-22-17(21)14-6-3-7-19-16(14)18/h2-9H,10H2,1H3. The molecule has 0 unspecified atom stereocenters. The van der Waals surface area contributed by atoms with Gasteiger partial charge in [0, 0.05) is 17.8 Å². The molecular formula is C17H13ClN2O3. The van der Waals surface area contributed by atoms with Crippen molar-refractivity contribution in [2.45, 2.75) is 13.5 Å². The molecule has 23 heavy (non-hydrogen) atoms. The molecule has 0 saturated carbocycles. The summed E-state index contributed by atoms with van der Waals surface area (Å²) in [6, 6.07) is 12.8. The van der Waals surface area contributed by atoms with Gasteiger partial charge in [0.25, 0.3) is 0 Å². The van der Waals surface area contributed by atoms with Crippen molar-refractivity contribution in [3.05, 3.63) is 70.7 Å². The van der Waals surface area contributed by atoms with E-state index in [1.165, 1.54) is 6.20 Å². The van der Waals surface area contributed by atoms with E-state index in [4.69, 9.17) is 20.9 Å². The molecule has 0 spiro atoms. The number of ether oxygens (including phenoxy) is 1. The van der Waals surface area contributed by atoms with E-state index in [0.717, 1.165) is 11.1 Å². The average Bonchev–Trinajstić information content (AvgIpc) is 3.02. The van der Waals surface area contributed by atoms with Crippen molar-refractivity contribution in [3.63, 3.8) is 0 Å². The third kappa shape index (κ3) is 3.57. The van der Waals surface area contributed by atoms with E-state index >= 15 is 0 Å². The molecular weight excluding hydrogens is 316 g/mol. The van der Waals surface area contributed by atoms with Crippen LogP contribution in [0.2, 0.25) is 5.15 Å². The summed E-state index contributed by atoms with van der Waals surface area (Å²) in [6.45, 7) is 1.98. The number of pyridine rings is 1. The summed E-state index contributed by atoms with van der Waals surface area (Å²) in [6.07, 6.45) is 1.50. The van der Waals surface area contributed by atoms with Crippen LogP contribution in [0.5, 0.6) is 0 Å². The fourth-order valence-corrected chi connectivity index (χ4v) is 2.27. The Hall–Kier alpha value is -2.66. The fraction of sp³-hybridized carbons (Fsp3) is 0.118. The van der Waals surface area contributed by atoms with E-state index in [0.29, 0.717) is 11.5 Å². The predicted molar refractivity (Wildman–Crippen MR) is 85.0 cm³/mol. The molecule has 0 atom stereocenters. The van der Waals surface area contributed by atoms with Crippen LogP contribution in [0.25, 0.3) is 11.3 Å². The molecule has 3 rings (SSSR count). The lowest BCUT2D eigenvalue weighted by Gasteiger charge is -2.03. The summed E-state index contributed by atoms with van der Waals surface area (Å²) in [5, 5.41) is 4.10. The van der Waals surface area contributed by atoms with E-state index in [1.807, 2.05) is 31.2 Å². The van der Waals surface area contributed by atoms with Crippen molar-refractivity contribution < 1.29 is 14.1 Å². The molecule has 2 aromatic heterocycles. The van der Waals surface area contributed by atoms with Crippen LogP contribution >= 0.6 is 11.6 Å². The monoisotopic (exact) mass is 328 g/mol. The highest BCUT2D eigenvalue weighted by Gasteiger charge is 2.14. The maximum atomic E-state index is 12.0. The van der Waals surface area contributed by atoms with Gasteiger partial charge in [0.05, 0.1) is 5.56 Å². The van der Waals surface area contributed by atoms with Gasteiger partial charge in [0.1, 0.15) is 10.8 Å². The summed E-state index contributed by atoms with van der Waals surface area (Å²) in [7, 11) is 0. The first-order valence-corrected chi connectivity index (χ1v) is 7.31. The molecule has 0 fully saturated rings. The Bertz CT molecular complexity index is 845. The Morgan fingerprint density at radius 3 is 2.91 bits per heavy atom. The number of carbonyl (C=O) groups excluding carboxylic acids is 1. The van der Waals surface area contributed by atoms with Gasteiger partial charge >= 0.3 is 5.97 Å². The number of rotatable bonds is 4. The lowest BCUT2D eigenvalue weighted by molar-refractivity contribution is 0.0437. The van der Waals surface area contributed by atoms with Crippen molar-refractivity contribution in [2.24, 2.45) is 0 Å². The minimum Gasteiger partial charge on any atom is -0.454 e.